The summed E-state index contributed by atoms with van der Waals surface area (Å²) in [7, 11) is 0. The molecule has 0 aliphatic rings. The Morgan fingerprint density at radius 1 is 1.78 bits per heavy atom. The van der Waals surface area contributed by atoms with Gasteiger partial charge in [-0.25, -0.2) is 0 Å². The topological polar surface area (TPSA) is 32.3 Å². The van der Waals surface area contributed by atoms with Crippen molar-refractivity contribution in [2.75, 3.05) is 13.1 Å². The second-order valence-electron chi connectivity index (χ2n) is 2.01. The normalized spacial score (nSPS) is 12.6. The quantitative estimate of drug-likeness (QED) is 0.411. The van der Waals surface area contributed by atoms with Gasteiger partial charge < -0.3 is 10.4 Å². The summed E-state index contributed by atoms with van der Waals surface area (Å²) in [6, 6.07) is 0. The van der Waals surface area contributed by atoms with Crippen molar-refractivity contribution >= 4 is 0 Å². The molecule has 0 aromatic rings. The van der Waals surface area contributed by atoms with Crippen LogP contribution in [-0.2, 0) is 0 Å². The highest BCUT2D eigenvalue weighted by atomic mass is 16.3. The SMILES string of the molecule is C#CCCNC[C@H](C)O. The first-order valence-electron chi connectivity index (χ1n) is 3.09. The van der Waals surface area contributed by atoms with E-state index in [9.17, 15) is 0 Å². The van der Waals surface area contributed by atoms with Crippen molar-refractivity contribution in [1.29, 1.82) is 0 Å². The van der Waals surface area contributed by atoms with Crippen LogP contribution in [0.3, 0.4) is 0 Å². The van der Waals surface area contributed by atoms with E-state index in [1.807, 2.05) is 0 Å². The summed E-state index contributed by atoms with van der Waals surface area (Å²) in [5.74, 6) is 2.50. The van der Waals surface area contributed by atoms with Gasteiger partial charge in [-0.15, -0.1) is 12.3 Å². The molecule has 0 heterocycles. The van der Waals surface area contributed by atoms with Crippen LogP contribution in [0.4, 0.5) is 0 Å². The molecule has 0 spiro atoms. The molecular formula is C7H13NO. The molecule has 2 heteroatoms. The number of nitrogens with one attached hydrogen (secondary N) is 1. The van der Waals surface area contributed by atoms with Crippen LogP contribution in [0.1, 0.15) is 13.3 Å². The van der Waals surface area contributed by atoms with Crippen LogP contribution in [-0.4, -0.2) is 24.3 Å². The van der Waals surface area contributed by atoms with Crippen LogP contribution in [0.2, 0.25) is 0 Å². The molecule has 0 amide bonds. The molecule has 0 fully saturated rings. The summed E-state index contributed by atoms with van der Waals surface area (Å²) < 4.78 is 0. The molecule has 52 valence electrons. The molecule has 0 rings (SSSR count). The maximum atomic E-state index is 8.74. The van der Waals surface area contributed by atoms with Crippen molar-refractivity contribution in [3.05, 3.63) is 0 Å². The zero-order valence-corrected chi connectivity index (χ0v) is 5.72. The zero-order chi connectivity index (χ0) is 7.11. The Hall–Kier alpha value is -0.520. The second-order valence-corrected chi connectivity index (χ2v) is 2.01. The van der Waals surface area contributed by atoms with Crippen molar-refractivity contribution < 1.29 is 5.11 Å². The molecule has 2 N–H and O–H groups in total. The average molecular weight is 127 g/mol. The fraction of sp³-hybridized carbons (Fsp3) is 0.714. The second kappa shape index (κ2) is 5.61. The van der Waals surface area contributed by atoms with Crippen LogP contribution >= 0.6 is 0 Å². The van der Waals surface area contributed by atoms with Crippen molar-refractivity contribution in [3.63, 3.8) is 0 Å². The molecule has 0 bridgehead atoms. The molecule has 0 unspecified atom stereocenters. The Morgan fingerprint density at radius 2 is 2.44 bits per heavy atom. The van der Waals surface area contributed by atoms with Gasteiger partial charge in [-0.05, 0) is 6.92 Å². The van der Waals surface area contributed by atoms with Gasteiger partial charge in [-0.3, -0.25) is 0 Å². The predicted octanol–water partition coefficient (Wildman–Crippen LogP) is -0.0199. The molecule has 0 aromatic carbocycles. The van der Waals surface area contributed by atoms with Crippen molar-refractivity contribution in [2.45, 2.75) is 19.4 Å². The molecule has 2 nitrogen and oxygen atoms in total. The fourth-order valence-electron chi connectivity index (χ4n) is 0.472. The smallest absolute Gasteiger partial charge is 0.0636 e. The zero-order valence-electron chi connectivity index (χ0n) is 5.72. The maximum absolute atomic E-state index is 8.74. The van der Waals surface area contributed by atoms with Gasteiger partial charge in [0, 0.05) is 19.5 Å². The Bertz CT molecular complexity index is 93.6. The third-order valence-electron chi connectivity index (χ3n) is 0.886. The van der Waals surface area contributed by atoms with Gasteiger partial charge >= 0.3 is 0 Å². The predicted molar refractivity (Wildman–Crippen MR) is 38.0 cm³/mol. The summed E-state index contributed by atoms with van der Waals surface area (Å²) in [4.78, 5) is 0. The van der Waals surface area contributed by atoms with Crippen molar-refractivity contribution in [3.8, 4) is 12.3 Å². The van der Waals surface area contributed by atoms with Gasteiger partial charge in [0.15, 0.2) is 0 Å². The Balaban J connectivity index is 2.85. The van der Waals surface area contributed by atoms with Gasteiger partial charge in [0.05, 0.1) is 6.10 Å². The lowest BCUT2D eigenvalue weighted by atomic mass is 10.4. The van der Waals surface area contributed by atoms with E-state index in [1.165, 1.54) is 0 Å². The number of terminal acetylenes is 1. The third kappa shape index (κ3) is 7.48. The van der Waals surface area contributed by atoms with Gasteiger partial charge in [-0.2, -0.15) is 0 Å². The standard InChI is InChI=1S/C7H13NO/c1-3-4-5-8-6-7(2)9/h1,7-9H,4-6H2,2H3/t7-/m0/s1. The van der Waals surface area contributed by atoms with Crippen LogP contribution in [0.15, 0.2) is 0 Å². The van der Waals surface area contributed by atoms with E-state index < -0.39 is 0 Å². The van der Waals surface area contributed by atoms with Crippen LogP contribution < -0.4 is 5.32 Å². The highest BCUT2D eigenvalue weighted by molar-refractivity contribution is 4.84. The van der Waals surface area contributed by atoms with E-state index in [0.29, 0.717) is 6.54 Å². The van der Waals surface area contributed by atoms with Crippen LogP contribution in [0.5, 0.6) is 0 Å². The third-order valence-corrected chi connectivity index (χ3v) is 0.886. The lowest BCUT2D eigenvalue weighted by Gasteiger charge is -2.03. The first kappa shape index (κ1) is 8.48. The van der Waals surface area contributed by atoms with Gasteiger partial charge in [0.25, 0.3) is 0 Å². The minimum absolute atomic E-state index is 0.275. The average Bonchev–Trinajstić information content (AvgIpc) is 1.80. The number of aliphatic hydroxyl groups is 1. The number of aliphatic hydroxyl groups excluding tert-OH is 1. The maximum Gasteiger partial charge on any atom is 0.0636 e. The minimum Gasteiger partial charge on any atom is -0.392 e. The summed E-state index contributed by atoms with van der Waals surface area (Å²) in [6.45, 7) is 3.16. The summed E-state index contributed by atoms with van der Waals surface area (Å²) in [5, 5.41) is 11.7. The van der Waals surface area contributed by atoms with E-state index in [0.717, 1.165) is 13.0 Å². The summed E-state index contributed by atoms with van der Waals surface area (Å²) in [5.41, 5.74) is 0. The first-order valence-corrected chi connectivity index (χ1v) is 3.09. The van der Waals surface area contributed by atoms with E-state index in [1.54, 1.807) is 6.92 Å². The van der Waals surface area contributed by atoms with Gasteiger partial charge in [-0.1, -0.05) is 0 Å². The summed E-state index contributed by atoms with van der Waals surface area (Å²) >= 11 is 0. The molecule has 0 radical (unpaired) electrons. The Kier molecular flexibility index (Phi) is 5.29. The lowest BCUT2D eigenvalue weighted by Crippen LogP contribution is -2.24. The number of hydrogen-bond donors (Lipinski definition) is 2. The van der Waals surface area contributed by atoms with Crippen LogP contribution in [0, 0.1) is 12.3 Å². The van der Waals surface area contributed by atoms with Gasteiger partial charge in [0.2, 0.25) is 0 Å². The molecule has 9 heavy (non-hydrogen) atoms. The highest BCUT2D eigenvalue weighted by Gasteiger charge is 1.90. The Morgan fingerprint density at radius 3 is 2.89 bits per heavy atom. The van der Waals surface area contributed by atoms with E-state index >= 15 is 0 Å². The number of hydrogen-bond acceptors (Lipinski definition) is 2. The van der Waals surface area contributed by atoms with E-state index in [-0.39, 0.29) is 6.10 Å². The molecule has 0 aliphatic heterocycles. The van der Waals surface area contributed by atoms with E-state index in [4.69, 9.17) is 11.5 Å². The summed E-state index contributed by atoms with van der Waals surface area (Å²) in [6.07, 6.45) is 5.45. The molecule has 0 aromatic heterocycles. The monoisotopic (exact) mass is 127 g/mol. The molecule has 0 saturated heterocycles. The molecule has 1 atom stereocenters. The molecular weight excluding hydrogens is 114 g/mol. The fourth-order valence-corrected chi connectivity index (χ4v) is 0.472. The lowest BCUT2D eigenvalue weighted by molar-refractivity contribution is 0.192. The largest absolute Gasteiger partial charge is 0.392 e. The molecule has 0 saturated carbocycles. The van der Waals surface area contributed by atoms with Crippen molar-refractivity contribution in [1.82, 2.24) is 5.32 Å². The van der Waals surface area contributed by atoms with Crippen LogP contribution in [0.25, 0.3) is 0 Å². The minimum atomic E-state index is -0.275. The van der Waals surface area contributed by atoms with Gasteiger partial charge in [0.1, 0.15) is 0 Å². The Labute approximate surface area is 56.3 Å². The van der Waals surface area contributed by atoms with E-state index in [2.05, 4.69) is 11.2 Å². The van der Waals surface area contributed by atoms with Crippen molar-refractivity contribution in [2.24, 2.45) is 0 Å². The molecule has 0 aliphatic carbocycles. The highest BCUT2D eigenvalue weighted by Crippen LogP contribution is 1.75. The number of rotatable bonds is 4. The first-order chi connectivity index (χ1) is 4.27.